The second-order valence-corrected chi connectivity index (χ2v) is 5.09. The first-order valence-corrected chi connectivity index (χ1v) is 5.80. The fourth-order valence-electron chi connectivity index (χ4n) is 3.09. The Hall–Kier alpha value is -0.570. The zero-order chi connectivity index (χ0) is 9.71. The van der Waals surface area contributed by atoms with Gasteiger partial charge in [0, 0.05) is 31.1 Å². The van der Waals surface area contributed by atoms with Gasteiger partial charge in [-0.3, -0.25) is 4.79 Å². The van der Waals surface area contributed by atoms with Crippen molar-refractivity contribution < 1.29 is 4.79 Å². The third kappa shape index (κ3) is 1.18. The van der Waals surface area contributed by atoms with Crippen molar-refractivity contribution in [3.05, 3.63) is 0 Å². The van der Waals surface area contributed by atoms with Crippen LogP contribution in [0, 0.1) is 11.8 Å². The number of amides is 1. The Kier molecular flexibility index (Phi) is 1.84. The van der Waals surface area contributed by atoms with E-state index < -0.39 is 0 Å². The van der Waals surface area contributed by atoms with E-state index in [1.807, 2.05) is 0 Å². The lowest BCUT2D eigenvalue weighted by Crippen LogP contribution is -2.43. The topological polar surface area (TPSA) is 32.3 Å². The lowest BCUT2D eigenvalue weighted by atomic mass is 10.0. The Morgan fingerprint density at radius 1 is 1.36 bits per heavy atom. The number of rotatable bonds is 1. The summed E-state index contributed by atoms with van der Waals surface area (Å²) < 4.78 is 0. The highest BCUT2D eigenvalue weighted by Crippen LogP contribution is 2.38. The van der Waals surface area contributed by atoms with Gasteiger partial charge in [-0.2, -0.15) is 0 Å². The summed E-state index contributed by atoms with van der Waals surface area (Å²) in [5.41, 5.74) is 0. The van der Waals surface area contributed by atoms with Crippen LogP contribution in [0.15, 0.2) is 0 Å². The minimum Gasteiger partial charge on any atom is -0.335 e. The minimum absolute atomic E-state index is 0.386. The number of carbonyl (C=O) groups excluding carboxylic acids is 1. The molecule has 0 radical (unpaired) electrons. The quantitative estimate of drug-likeness (QED) is 0.663. The maximum atomic E-state index is 12.1. The number of nitrogens with zero attached hydrogens (tertiary/aromatic N) is 1. The van der Waals surface area contributed by atoms with Crippen LogP contribution in [-0.2, 0) is 4.79 Å². The van der Waals surface area contributed by atoms with E-state index in [1.54, 1.807) is 0 Å². The molecule has 1 aliphatic carbocycles. The van der Waals surface area contributed by atoms with Crippen LogP contribution >= 0.6 is 0 Å². The molecule has 0 aromatic carbocycles. The second-order valence-electron chi connectivity index (χ2n) is 5.09. The molecule has 2 saturated heterocycles. The van der Waals surface area contributed by atoms with Crippen molar-refractivity contribution in [1.82, 2.24) is 10.2 Å². The highest BCUT2D eigenvalue weighted by molar-refractivity contribution is 5.82. The van der Waals surface area contributed by atoms with Crippen LogP contribution in [0.2, 0.25) is 0 Å². The van der Waals surface area contributed by atoms with Gasteiger partial charge in [0.1, 0.15) is 0 Å². The summed E-state index contributed by atoms with van der Waals surface area (Å²) in [5, 5.41) is 3.40. The molecule has 2 heterocycles. The van der Waals surface area contributed by atoms with Crippen molar-refractivity contribution in [3.63, 3.8) is 0 Å². The predicted octanol–water partition coefficient (Wildman–Crippen LogP) is 0.605. The predicted molar refractivity (Wildman–Crippen MR) is 53.8 cm³/mol. The fourth-order valence-corrected chi connectivity index (χ4v) is 3.09. The zero-order valence-electron chi connectivity index (χ0n) is 8.70. The van der Waals surface area contributed by atoms with Crippen LogP contribution in [0.25, 0.3) is 0 Å². The second kappa shape index (κ2) is 2.96. The lowest BCUT2D eigenvalue weighted by molar-refractivity contribution is -0.135. The summed E-state index contributed by atoms with van der Waals surface area (Å²) in [7, 11) is 0. The molecule has 3 rings (SSSR count). The summed E-state index contributed by atoms with van der Waals surface area (Å²) in [4.78, 5) is 14.2. The summed E-state index contributed by atoms with van der Waals surface area (Å²) in [5.74, 6) is 1.55. The number of likely N-dealkylation sites (tertiary alicyclic amines) is 1. The van der Waals surface area contributed by atoms with E-state index in [9.17, 15) is 4.79 Å². The maximum Gasteiger partial charge on any atom is 0.226 e. The Morgan fingerprint density at radius 2 is 2.14 bits per heavy atom. The molecule has 3 fully saturated rings. The van der Waals surface area contributed by atoms with Crippen molar-refractivity contribution in [3.8, 4) is 0 Å². The third-order valence-electron chi connectivity index (χ3n) is 3.96. The number of hydrogen-bond donors (Lipinski definition) is 1. The first kappa shape index (κ1) is 8.72. The van der Waals surface area contributed by atoms with Crippen LogP contribution in [-0.4, -0.2) is 36.0 Å². The number of fused-ring (bicyclic) bond motifs is 1. The van der Waals surface area contributed by atoms with E-state index in [-0.39, 0.29) is 0 Å². The average molecular weight is 194 g/mol. The van der Waals surface area contributed by atoms with Gasteiger partial charge in [0.05, 0.1) is 0 Å². The van der Waals surface area contributed by atoms with Gasteiger partial charge in [0.15, 0.2) is 0 Å². The van der Waals surface area contributed by atoms with E-state index in [2.05, 4.69) is 17.1 Å². The van der Waals surface area contributed by atoms with E-state index in [0.29, 0.717) is 23.9 Å². The third-order valence-corrected chi connectivity index (χ3v) is 3.96. The SMILES string of the molecule is CC1CC2CNCC2N1C(=O)C1CC1. The van der Waals surface area contributed by atoms with E-state index in [4.69, 9.17) is 0 Å². The lowest BCUT2D eigenvalue weighted by Gasteiger charge is -2.27. The molecule has 2 aliphatic heterocycles. The molecule has 0 aromatic rings. The molecule has 14 heavy (non-hydrogen) atoms. The Balaban J connectivity index is 1.79. The van der Waals surface area contributed by atoms with Crippen LogP contribution in [0.4, 0.5) is 0 Å². The minimum atomic E-state index is 0.386. The van der Waals surface area contributed by atoms with Crippen molar-refractivity contribution in [2.45, 2.75) is 38.3 Å². The number of nitrogens with one attached hydrogen (secondary N) is 1. The monoisotopic (exact) mass is 194 g/mol. The molecule has 78 valence electrons. The van der Waals surface area contributed by atoms with Gasteiger partial charge in [-0.1, -0.05) is 0 Å². The van der Waals surface area contributed by atoms with Crippen molar-refractivity contribution in [2.75, 3.05) is 13.1 Å². The van der Waals surface area contributed by atoms with Gasteiger partial charge in [0.25, 0.3) is 0 Å². The average Bonchev–Trinajstić information content (AvgIpc) is 2.83. The first-order valence-electron chi connectivity index (χ1n) is 5.80. The Morgan fingerprint density at radius 3 is 2.86 bits per heavy atom. The molecule has 1 amide bonds. The van der Waals surface area contributed by atoms with Gasteiger partial charge in [0.2, 0.25) is 5.91 Å². The smallest absolute Gasteiger partial charge is 0.226 e. The summed E-state index contributed by atoms with van der Waals surface area (Å²) >= 11 is 0. The molecule has 1 N–H and O–H groups in total. The maximum absolute atomic E-state index is 12.1. The normalized spacial score (nSPS) is 41.5. The van der Waals surface area contributed by atoms with Crippen molar-refractivity contribution >= 4 is 5.91 Å². The molecule has 3 unspecified atom stereocenters. The van der Waals surface area contributed by atoms with E-state index in [0.717, 1.165) is 31.8 Å². The fraction of sp³-hybridized carbons (Fsp3) is 0.909. The summed E-state index contributed by atoms with van der Waals surface area (Å²) in [6, 6.07) is 0.998. The molecular weight excluding hydrogens is 176 g/mol. The zero-order valence-corrected chi connectivity index (χ0v) is 8.70. The molecule has 3 atom stereocenters. The Bertz CT molecular complexity index is 262. The van der Waals surface area contributed by atoms with Gasteiger partial charge >= 0.3 is 0 Å². The van der Waals surface area contributed by atoms with Gasteiger partial charge in [-0.05, 0) is 32.1 Å². The highest BCUT2D eigenvalue weighted by atomic mass is 16.2. The van der Waals surface area contributed by atoms with Gasteiger partial charge < -0.3 is 10.2 Å². The molecule has 0 aromatic heterocycles. The summed E-state index contributed by atoms with van der Waals surface area (Å²) in [6.45, 7) is 4.34. The van der Waals surface area contributed by atoms with E-state index in [1.165, 1.54) is 6.42 Å². The molecule has 3 aliphatic rings. The molecule has 0 bridgehead atoms. The van der Waals surface area contributed by atoms with Crippen LogP contribution < -0.4 is 5.32 Å². The Labute approximate surface area is 84.8 Å². The van der Waals surface area contributed by atoms with Crippen LogP contribution in [0.1, 0.15) is 26.2 Å². The van der Waals surface area contributed by atoms with E-state index >= 15 is 0 Å². The molecule has 3 heteroatoms. The molecule has 3 nitrogen and oxygen atoms in total. The number of carbonyl (C=O) groups is 1. The highest BCUT2D eigenvalue weighted by Gasteiger charge is 2.47. The first-order chi connectivity index (χ1) is 6.77. The largest absolute Gasteiger partial charge is 0.335 e. The molecule has 1 saturated carbocycles. The number of hydrogen-bond acceptors (Lipinski definition) is 2. The van der Waals surface area contributed by atoms with Crippen molar-refractivity contribution in [1.29, 1.82) is 0 Å². The van der Waals surface area contributed by atoms with Crippen molar-refractivity contribution in [2.24, 2.45) is 11.8 Å². The van der Waals surface area contributed by atoms with Crippen LogP contribution in [0.5, 0.6) is 0 Å². The van der Waals surface area contributed by atoms with Gasteiger partial charge in [-0.15, -0.1) is 0 Å². The van der Waals surface area contributed by atoms with Crippen LogP contribution in [0.3, 0.4) is 0 Å². The summed E-state index contributed by atoms with van der Waals surface area (Å²) in [6.07, 6.45) is 3.47. The van der Waals surface area contributed by atoms with Gasteiger partial charge in [-0.25, -0.2) is 0 Å². The molecular formula is C11H18N2O. The molecule has 0 spiro atoms. The standard InChI is InChI=1S/C11H18N2O/c1-7-4-9-5-12-6-10(9)13(7)11(14)8-2-3-8/h7-10,12H,2-6H2,1H3.